The van der Waals surface area contributed by atoms with Crippen LogP contribution in [0, 0.1) is 18.3 Å². The fourth-order valence-corrected chi connectivity index (χ4v) is 3.01. The van der Waals surface area contributed by atoms with Crippen molar-refractivity contribution in [2.45, 2.75) is 12.1 Å². The summed E-state index contributed by atoms with van der Waals surface area (Å²) >= 11 is 1.39. The van der Waals surface area contributed by atoms with Crippen LogP contribution in [0.5, 0.6) is 11.5 Å². The van der Waals surface area contributed by atoms with Crippen LogP contribution in [-0.2, 0) is 0 Å². The van der Waals surface area contributed by atoms with Crippen LogP contribution >= 0.6 is 11.8 Å². The number of hydrogen-bond donors (Lipinski definition) is 1. The smallest absolute Gasteiger partial charge is 0.189 e. The minimum Gasteiger partial charge on any atom is -0.493 e. The molecule has 0 fully saturated rings. The summed E-state index contributed by atoms with van der Waals surface area (Å²) in [4.78, 5) is 13.3. The molecule has 142 valence electrons. The van der Waals surface area contributed by atoms with E-state index in [2.05, 4.69) is 26.3 Å². The van der Waals surface area contributed by atoms with Crippen LogP contribution in [0.3, 0.4) is 0 Å². The number of anilines is 2. The summed E-state index contributed by atoms with van der Waals surface area (Å²) in [5, 5.41) is 13.5. The Labute approximate surface area is 167 Å². The summed E-state index contributed by atoms with van der Waals surface area (Å²) in [5.41, 5.74) is 2.62. The Bertz CT molecular complexity index is 1050. The van der Waals surface area contributed by atoms with E-state index in [0.717, 1.165) is 11.1 Å². The minimum absolute atomic E-state index is 0.327. The first-order valence-electron chi connectivity index (χ1n) is 8.37. The Hall–Kier alpha value is -3.31. The summed E-state index contributed by atoms with van der Waals surface area (Å²) in [7, 11) is 3.14. The molecule has 3 rings (SSSR count). The van der Waals surface area contributed by atoms with Crippen molar-refractivity contribution in [2.75, 3.05) is 25.8 Å². The van der Waals surface area contributed by atoms with E-state index in [-0.39, 0.29) is 0 Å². The first-order valence-corrected chi connectivity index (χ1v) is 9.60. The fourth-order valence-electron chi connectivity index (χ4n) is 2.65. The van der Waals surface area contributed by atoms with Crippen LogP contribution in [-0.4, -0.2) is 35.4 Å². The maximum Gasteiger partial charge on any atom is 0.189 e. The van der Waals surface area contributed by atoms with Crippen LogP contribution < -0.4 is 14.8 Å². The number of pyridine rings is 1. The quantitative estimate of drug-likeness (QED) is 0.492. The zero-order valence-corrected chi connectivity index (χ0v) is 16.8. The molecule has 0 radical (unpaired) electrons. The van der Waals surface area contributed by atoms with E-state index < -0.39 is 0 Å². The van der Waals surface area contributed by atoms with E-state index in [0.29, 0.717) is 39.5 Å². The molecule has 1 aromatic carbocycles. The predicted octanol–water partition coefficient (Wildman–Crippen LogP) is 4.20. The second kappa shape index (κ2) is 8.59. The van der Waals surface area contributed by atoms with Gasteiger partial charge < -0.3 is 14.8 Å². The van der Waals surface area contributed by atoms with Gasteiger partial charge in [0.2, 0.25) is 0 Å². The number of aryl methyl sites for hydroxylation is 1. The van der Waals surface area contributed by atoms with Crippen molar-refractivity contribution >= 4 is 23.4 Å². The molecular weight excluding hydrogens is 374 g/mol. The molecule has 0 amide bonds. The van der Waals surface area contributed by atoms with Crippen molar-refractivity contribution < 1.29 is 9.47 Å². The maximum atomic E-state index is 9.83. The number of benzene rings is 1. The predicted molar refractivity (Wildman–Crippen MR) is 109 cm³/mol. The summed E-state index contributed by atoms with van der Waals surface area (Å²) in [6, 6.07) is 11.4. The highest BCUT2D eigenvalue weighted by atomic mass is 32.2. The van der Waals surface area contributed by atoms with Crippen molar-refractivity contribution in [1.82, 2.24) is 15.0 Å². The Morgan fingerprint density at radius 2 is 1.86 bits per heavy atom. The lowest BCUT2D eigenvalue weighted by Crippen LogP contribution is -2.04. The largest absolute Gasteiger partial charge is 0.493 e. The third kappa shape index (κ3) is 4.00. The van der Waals surface area contributed by atoms with Gasteiger partial charge in [0.05, 0.1) is 19.9 Å². The van der Waals surface area contributed by atoms with E-state index in [9.17, 15) is 5.26 Å². The first-order chi connectivity index (χ1) is 13.6. The van der Waals surface area contributed by atoms with Gasteiger partial charge in [0, 0.05) is 11.8 Å². The number of rotatable bonds is 6. The number of hydrogen-bond acceptors (Lipinski definition) is 8. The fraction of sp³-hybridized carbons (Fsp3) is 0.200. The Morgan fingerprint density at radius 3 is 2.50 bits per heavy atom. The van der Waals surface area contributed by atoms with Gasteiger partial charge in [-0.05, 0) is 49.1 Å². The summed E-state index contributed by atoms with van der Waals surface area (Å²) in [6.07, 6.45) is 3.59. The van der Waals surface area contributed by atoms with Crippen LogP contribution in [0.2, 0.25) is 0 Å². The molecule has 3 aromatic rings. The molecule has 0 aliphatic carbocycles. The molecule has 2 heterocycles. The van der Waals surface area contributed by atoms with E-state index in [1.165, 1.54) is 11.8 Å². The summed E-state index contributed by atoms with van der Waals surface area (Å²) in [5.74, 6) is 2.18. The zero-order chi connectivity index (χ0) is 20.1. The Morgan fingerprint density at radius 1 is 1.07 bits per heavy atom. The van der Waals surface area contributed by atoms with Crippen molar-refractivity contribution in [3.05, 3.63) is 47.7 Å². The van der Waals surface area contributed by atoms with E-state index in [4.69, 9.17) is 9.47 Å². The molecular formula is C20H19N5O2S. The van der Waals surface area contributed by atoms with Gasteiger partial charge in [0.1, 0.15) is 17.5 Å². The van der Waals surface area contributed by atoms with Gasteiger partial charge in [-0.2, -0.15) is 5.26 Å². The molecule has 2 aromatic heterocycles. The number of nitrogens with one attached hydrogen (secondary N) is 1. The lowest BCUT2D eigenvalue weighted by molar-refractivity contribution is 0.355. The maximum absolute atomic E-state index is 9.83. The van der Waals surface area contributed by atoms with Gasteiger partial charge in [-0.3, -0.25) is 0 Å². The number of aromatic nitrogens is 3. The van der Waals surface area contributed by atoms with E-state index >= 15 is 0 Å². The molecule has 0 saturated heterocycles. The van der Waals surface area contributed by atoms with Crippen LogP contribution in [0.4, 0.5) is 11.6 Å². The van der Waals surface area contributed by atoms with Crippen LogP contribution in [0.1, 0.15) is 11.1 Å². The molecule has 1 N–H and O–H groups in total. The molecule has 0 atom stereocenters. The summed E-state index contributed by atoms with van der Waals surface area (Å²) in [6.45, 7) is 1.97. The van der Waals surface area contributed by atoms with Crippen molar-refractivity contribution in [3.63, 3.8) is 0 Å². The molecule has 8 heteroatoms. The van der Waals surface area contributed by atoms with Gasteiger partial charge in [0.15, 0.2) is 22.5 Å². The van der Waals surface area contributed by atoms with Gasteiger partial charge in [-0.25, -0.2) is 15.0 Å². The highest BCUT2D eigenvalue weighted by Crippen LogP contribution is 2.35. The Balaban J connectivity index is 2.15. The summed E-state index contributed by atoms with van der Waals surface area (Å²) < 4.78 is 10.7. The van der Waals surface area contributed by atoms with Crippen LogP contribution in [0.15, 0.2) is 41.7 Å². The molecule has 7 nitrogen and oxygen atoms in total. The van der Waals surface area contributed by atoms with Gasteiger partial charge >= 0.3 is 0 Å². The zero-order valence-electron chi connectivity index (χ0n) is 16.0. The number of ether oxygens (including phenoxy) is 2. The third-order valence-corrected chi connectivity index (χ3v) is 4.55. The molecule has 0 saturated carbocycles. The van der Waals surface area contributed by atoms with Crippen molar-refractivity contribution in [1.29, 1.82) is 5.26 Å². The number of methoxy groups -OCH3 is 2. The van der Waals surface area contributed by atoms with Crippen molar-refractivity contribution in [3.8, 4) is 28.8 Å². The second-order valence-electron chi connectivity index (χ2n) is 5.81. The van der Waals surface area contributed by atoms with Gasteiger partial charge in [-0.15, -0.1) is 0 Å². The van der Waals surface area contributed by atoms with E-state index in [1.807, 2.05) is 31.4 Å². The normalized spacial score (nSPS) is 10.2. The SMILES string of the molecule is COc1ccc(-c2nc(SC)nc(Nc3cc(C)ccn3)c2C#N)cc1OC. The first kappa shape index (κ1) is 19.5. The standard InChI is InChI=1S/C20H19N5O2S/c1-12-7-8-22-17(9-12)23-19-14(11-21)18(24-20(25-19)28-4)13-5-6-15(26-2)16(10-13)27-3/h5-10H,1-4H3,(H,22,23,24,25). The van der Waals surface area contributed by atoms with Crippen molar-refractivity contribution in [2.24, 2.45) is 0 Å². The monoisotopic (exact) mass is 393 g/mol. The minimum atomic E-state index is 0.327. The molecule has 0 unspecified atom stereocenters. The lowest BCUT2D eigenvalue weighted by Gasteiger charge is -2.13. The third-order valence-electron chi connectivity index (χ3n) is 4.00. The molecule has 0 spiro atoms. The average Bonchev–Trinajstić information content (AvgIpc) is 2.72. The molecule has 0 aliphatic heterocycles. The lowest BCUT2D eigenvalue weighted by atomic mass is 10.1. The molecule has 0 bridgehead atoms. The highest BCUT2D eigenvalue weighted by Gasteiger charge is 2.18. The Kier molecular flexibility index (Phi) is 5.96. The van der Waals surface area contributed by atoms with Gasteiger partial charge in [0.25, 0.3) is 0 Å². The highest BCUT2D eigenvalue weighted by molar-refractivity contribution is 7.98. The number of thioether (sulfide) groups is 1. The van der Waals surface area contributed by atoms with Crippen LogP contribution in [0.25, 0.3) is 11.3 Å². The number of nitrogens with zero attached hydrogens (tertiary/aromatic N) is 4. The topological polar surface area (TPSA) is 93.0 Å². The van der Waals surface area contributed by atoms with Gasteiger partial charge in [-0.1, -0.05) is 11.8 Å². The van der Waals surface area contributed by atoms with E-state index in [1.54, 1.807) is 32.5 Å². The molecule has 0 aliphatic rings. The average molecular weight is 393 g/mol. The number of nitriles is 1. The second-order valence-corrected chi connectivity index (χ2v) is 6.58. The molecule has 28 heavy (non-hydrogen) atoms.